The molecule has 0 fully saturated rings. The second-order valence-electron chi connectivity index (χ2n) is 7.39. The predicted octanol–water partition coefficient (Wildman–Crippen LogP) is 4.81. The Bertz CT molecular complexity index is 1270. The first-order chi connectivity index (χ1) is 13.9. The van der Waals surface area contributed by atoms with Crippen LogP contribution in [-0.2, 0) is 27.5 Å². The molecule has 1 aliphatic carbocycles. The number of carboxylic acid groups (broad SMARTS) is 1. The minimum absolute atomic E-state index is 0.0276. The first-order valence-corrected chi connectivity index (χ1v) is 11.4. The molecule has 0 radical (unpaired) electrons. The van der Waals surface area contributed by atoms with E-state index in [1.807, 2.05) is 0 Å². The lowest BCUT2D eigenvalue weighted by Gasteiger charge is -2.18. The van der Waals surface area contributed by atoms with Crippen molar-refractivity contribution in [1.29, 1.82) is 0 Å². The zero-order chi connectivity index (χ0) is 20.4. The van der Waals surface area contributed by atoms with Gasteiger partial charge in [-0.25, -0.2) is 13.2 Å². The van der Waals surface area contributed by atoms with E-state index in [1.54, 1.807) is 11.1 Å². The predicted molar refractivity (Wildman–Crippen MR) is 117 cm³/mol. The van der Waals surface area contributed by atoms with E-state index in [-0.39, 0.29) is 11.3 Å². The number of aliphatic carboxylic acids is 1. The SMILES string of the molecule is O=C(O)C1=CCS(=O)(=O)C=C1.c1ccc2c(c1)ccc1c3c(ccc12)CCCC3. The lowest BCUT2D eigenvalue weighted by molar-refractivity contribution is -0.132. The number of rotatable bonds is 1. The maximum Gasteiger partial charge on any atom is 0.335 e. The van der Waals surface area contributed by atoms with Crippen LogP contribution in [0.1, 0.15) is 24.0 Å². The van der Waals surface area contributed by atoms with Gasteiger partial charge in [0.2, 0.25) is 0 Å². The number of fused-ring (bicyclic) bond motifs is 5. The Balaban J connectivity index is 0.000000161. The van der Waals surface area contributed by atoms with E-state index < -0.39 is 15.8 Å². The van der Waals surface area contributed by atoms with Crippen molar-refractivity contribution in [2.75, 3.05) is 5.75 Å². The Morgan fingerprint density at radius 2 is 1.62 bits per heavy atom. The molecule has 0 aromatic heterocycles. The number of carboxylic acids is 1. The van der Waals surface area contributed by atoms with Crippen molar-refractivity contribution in [3.8, 4) is 0 Å². The summed E-state index contributed by atoms with van der Waals surface area (Å²) in [5.41, 5.74) is 3.20. The van der Waals surface area contributed by atoms with Crippen LogP contribution in [0.3, 0.4) is 0 Å². The van der Waals surface area contributed by atoms with Crippen LogP contribution in [0, 0.1) is 0 Å². The van der Waals surface area contributed by atoms with Gasteiger partial charge in [-0.2, -0.15) is 0 Å². The fourth-order valence-electron chi connectivity index (χ4n) is 4.01. The quantitative estimate of drug-likeness (QED) is 0.589. The minimum atomic E-state index is -3.17. The number of carbonyl (C=O) groups is 1. The van der Waals surface area contributed by atoms with E-state index >= 15 is 0 Å². The summed E-state index contributed by atoms with van der Waals surface area (Å²) in [4.78, 5) is 10.3. The molecule has 1 aliphatic heterocycles. The number of aryl methyl sites for hydroxylation is 2. The second-order valence-corrected chi connectivity index (χ2v) is 9.32. The van der Waals surface area contributed by atoms with E-state index in [2.05, 4.69) is 48.5 Å². The van der Waals surface area contributed by atoms with E-state index in [0.29, 0.717) is 0 Å². The fraction of sp³-hybridized carbons (Fsp3) is 0.208. The van der Waals surface area contributed by atoms with Crippen molar-refractivity contribution in [2.45, 2.75) is 25.7 Å². The Morgan fingerprint density at radius 3 is 2.38 bits per heavy atom. The average Bonchev–Trinajstić information content (AvgIpc) is 2.73. The lowest BCUT2D eigenvalue weighted by Crippen LogP contribution is -2.08. The zero-order valence-corrected chi connectivity index (χ0v) is 16.8. The Labute approximate surface area is 170 Å². The molecule has 0 spiro atoms. The van der Waals surface area contributed by atoms with E-state index in [0.717, 1.165) is 11.5 Å². The van der Waals surface area contributed by atoms with Crippen molar-refractivity contribution in [2.24, 2.45) is 0 Å². The molecule has 3 aromatic carbocycles. The molecule has 0 unspecified atom stereocenters. The van der Waals surface area contributed by atoms with Crippen LogP contribution >= 0.6 is 0 Å². The highest BCUT2D eigenvalue weighted by Gasteiger charge is 2.14. The molecule has 5 rings (SSSR count). The minimum Gasteiger partial charge on any atom is -0.478 e. The van der Waals surface area contributed by atoms with Gasteiger partial charge in [0.05, 0.1) is 11.3 Å². The first kappa shape index (κ1) is 19.4. The maximum atomic E-state index is 10.7. The number of hydrogen-bond acceptors (Lipinski definition) is 3. The van der Waals surface area contributed by atoms with E-state index in [4.69, 9.17) is 5.11 Å². The topological polar surface area (TPSA) is 71.4 Å². The van der Waals surface area contributed by atoms with Crippen LogP contribution < -0.4 is 0 Å². The van der Waals surface area contributed by atoms with Crippen molar-refractivity contribution in [3.05, 3.63) is 82.8 Å². The lowest BCUT2D eigenvalue weighted by atomic mass is 9.86. The smallest absolute Gasteiger partial charge is 0.335 e. The van der Waals surface area contributed by atoms with Crippen LogP contribution in [0.15, 0.2) is 71.7 Å². The molecule has 3 aromatic rings. The van der Waals surface area contributed by atoms with Gasteiger partial charge in [-0.1, -0.05) is 54.6 Å². The largest absolute Gasteiger partial charge is 0.478 e. The number of benzene rings is 3. The van der Waals surface area contributed by atoms with Gasteiger partial charge >= 0.3 is 5.97 Å². The molecule has 148 valence electrons. The number of sulfone groups is 1. The van der Waals surface area contributed by atoms with Crippen LogP contribution in [0.4, 0.5) is 0 Å². The Kier molecular flexibility index (Phi) is 5.24. The summed E-state index contributed by atoms with van der Waals surface area (Å²) in [5.74, 6) is -1.32. The van der Waals surface area contributed by atoms with Gasteiger partial charge in [0.15, 0.2) is 9.84 Å². The molecule has 5 heteroatoms. The van der Waals surface area contributed by atoms with Gasteiger partial charge in [0.25, 0.3) is 0 Å². The summed E-state index contributed by atoms with van der Waals surface area (Å²) < 4.78 is 21.4. The van der Waals surface area contributed by atoms with Gasteiger partial charge in [-0.15, -0.1) is 0 Å². The normalized spacial score (nSPS) is 17.2. The van der Waals surface area contributed by atoms with E-state index in [1.165, 1.54) is 53.3 Å². The average molecular weight is 407 g/mol. The molecular formula is C24H22O4S. The van der Waals surface area contributed by atoms with Gasteiger partial charge in [-0.05, 0) is 64.4 Å². The monoisotopic (exact) mass is 406 g/mol. The Morgan fingerprint density at radius 1 is 0.862 bits per heavy atom. The fourth-order valence-corrected chi connectivity index (χ4v) is 4.88. The van der Waals surface area contributed by atoms with Crippen LogP contribution in [0.5, 0.6) is 0 Å². The summed E-state index contributed by atoms with van der Waals surface area (Å²) in [5, 5.41) is 14.9. The summed E-state index contributed by atoms with van der Waals surface area (Å²) in [6, 6.07) is 18.0. The third kappa shape index (κ3) is 4.10. The number of hydrogen-bond donors (Lipinski definition) is 1. The standard InChI is InChI=1S/C18H16.C6H6O4S/c1-3-7-15-13(5-1)9-11-18-16-8-4-2-6-14(16)10-12-17(15)18;7-6(8)5-1-3-11(9,10)4-2-5/h1,3,5,7,9-12H,2,4,6,8H2;1-3H,4H2,(H,7,8). The Hall–Kier alpha value is -2.92. The van der Waals surface area contributed by atoms with Crippen LogP contribution in [-0.4, -0.2) is 25.2 Å². The van der Waals surface area contributed by atoms with Gasteiger partial charge in [0, 0.05) is 5.41 Å². The summed E-state index contributed by atoms with van der Waals surface area (Å²) in [6.07, 6.45) is 7.48. The summed E-state index contributed by atoms with van der Waals surface area (Å²) in [6.45, 7) is 0. The molecule has 0 saturated heterocycles. The highest BCUT2D eigenvalue weighted by atomic mass is 32.2. The van der Waals surface area contributed by atoms with Crippen LogP contribution in [0.2, 0.25) is 0 Å². The highest BCUT2D eigenvalue weighted by Crippen LogP contribution is 2.33. The van der Waals surface area contributed by atoms with Gasteiger partial charge in [-0.3, -0.25) is 0 Å². The maximum absolute atomic E-state index is 10.7. The first-order valence-electron chi connectivity index (χ1n) is 9.71. The van der Waals surface area contributed by atoms with Crippen molar-refractivity contribution < 1.29 is 18.3 Å². The van der Waals surface area contributed by atoms with Crippen molar-refractivity contribution in [1.82, 2.24) is 0 Å². The van der Waals surface area contributed by atoms with Crippen molar-refractivity contribution >= 4 is 37.4 Å². The molecule has 0 bridgehead atoms. The highest BCUT2D eigenvalue weighted by molar-refractivity contribution is 7.94. The molecule has 2 aliphatic rings. The van der Waals surface area contributed by atoms with Gasteiger partial charge < -0.3 is 5.11 Å². The van der Waals surface area contributed by atoms with Crippen LogP contribution in [0.25, 0.3) is 21.5 Å². The zero-order valence-electron chi connectivity index (χ0n) is 16.0. The molecule has 0 saturated carbocycles. The second kappa shape index (κ2) is 7.84. The molecular weight excluding hydrogens is 384 g/mol. The third-order valence-corrected chi connectivity index (χ3v) is 6.68. The molecule has 1 heterocycles. The van der Waals surface area contributed by atoms with Gasteiger partial charge in [0.1, 0.15) is 0 Å². The third-order valence-electron chi connectivity index (χ3n) is 5.49. The molecule has 4 nitrogen and oxygen atoms in total. The van der Waals surface area contributed by atoms with E-state index in [9.17, 15) is 13.2 Å². The summed E-state index contributed by atoms with van der Waals surface area (Å²) >= 11 is 0. The summed E-state index contributed by atoms with van der Waals surface area (Å²) in [7, 11) is -3.17. The molecule has 0 atom stereocenters. The molecule has 29 heavy (non-hydrogen) atoms. The van der Waals surface area contributed by atoms with Crippen molar-refractivity contribution in [3.63, 3.8) is 0 Å². The molecule has 1 N–H and O–H groups in total. The molecule has 0 amide bonds.